The Hall–Kier alpha value is -0.980. The van der Waals surface area contributed by atoms with Crippen LogP contribution in [0.3, 0.4) is 0 Å². The Labute approximate surface area is 107 Å². The fourth-order valence-electron chi connectivity index (χ4n) is 1.08. The first kappa shape index (κ1) is 14.1. The van der Waals surface area contributed by atoms with E-state index in [4.69, 9.17) is 9.47 Å². The highest BCUT2D eigenvalue weighted by molar-refractivity contribution is 9.10. The lowest BCUT2D eigenvalue weighted by molar-refractivity contribution is -0.121. The number of carbonyl (C=O) groups excluding carboxylic acids is 1. The van der Waals surface area contributed by atoms with Crippen LogP contribution < -0.4 is 5.32 Å². The molecule has 1 aromatic rings. The molecule has 0 bridgehead atoms. The molecule has 17 heavy (non-hydrogen) atoms. The monoisotopic (exact) mass is 305 g/mol. The van der Waals surface area contributed by atoms with Gasteiger partial charge in [0.15, 0.2) is 0 Å². The molecule has 0 spiro atoms. The molecule has 6 heteroatoms. The summed E-state index contributed by atoms with van der Waals surface area (Å²) in [7, 11) is 1.56. The molecular weight excluding hydrogens is 293 g/mol. The lowest BCUT2D eigenvalue weighted by Crippen LogP contribution is -2.19. The predicted octanol–water partition coefficient (Wildman–Crippen LogP) is 2.19. The van der Waals surface area contributed by atoms with Gasteiger partial charge < -0.3 is 14.8 Å². The van der Waals surface area contributed by atoms with E-state index >= 15 is 0 Å². The van der Waals surface area contributed by atoms with Gasteiger partial charge in [-0.05, 0) is 34.1 Å². The summed E-state index contributed by atoms with van der Waals surface area (Å²) in [4.78, 5) is 11.4. The van der Waals surface area contributed by atoms with Gasteiger partial charge in [0.1, 0.15) is 12.4 Å². The van der Waals surface area contributed by atoms with E-state index in [1.165, 1.54) is 18.2 Å². The van der Waals surface area contributed by atoms with Gasteiger partial charge in [0.25, 0.3) is 0 Å². The second-order valence-electron chi connectivity index (χ2n) is 3.22. The van der Waals surface area contributed by atoms with Gasteiger partial charge in [0.05, 0.1) is 17.7 Å². The number of anilines is 1. The topological polar surface area (TPSA) is 47.6 Å². The number of ether oxygens (including phenoxy) is 2. The van der Waals surface area contributed by atoms with Crippen molar-refractivity contribution in [1.82, 2.24) is 0 Å². The van der Waals surface area contributed by atoms with E-state index in [2.05, 4.69) is 21.2 Å². The Balaban J connectivity index is 2.37. The molecule has 0 unspecified atom stereocenters. The lowest BCUT2D eigenvalue weighted by atomic mass is 10.3. The second-order valence-corrected chi connectivity index (χ2v) is 4.08. The lowest BCUT2D eigenvalue weighted by Gasteiger charge is -2.06. The highest BCUT2D eigenvalue weighted by Gasteiger charge is 2.04. The zero-order chi connectivity index (χ0) is 12.7. The van der Waals surface area contributed by atoms with Crippen LogP contribution in [0.2, 0.25) is 0 Å². The molecule has 0 aliphatic rings. The number of hydrogen-bond acceptors (Lipinski definition) is 3. The Morgan fingerprint density at radius 3 is 2.88 bits per heavy atom. The van der Waals surface area contributed by atoms with Gasteiger partial charge in [-0.15, -0.1) is 0 Å². The van der Waals surface area contributed by atoms with Crippen molar-refractivity contribution in [3.05, 3.63) is 28.5 Å². The molecule has 0 atom stereocenters. The largest absolute Gasteiger partial charge is 0.382 e. The van der Waals surface area contributed by atoms with Crippen LogP contribution in [0.5, 0.6) is 0 Å². The minimum Gasteiger partial charge on any atom is -0.382 e. The Morgan fingerprint density at radius 1 is 1.47 bits per heavy atom. The average molecular weight is 306 g/mol. The standard InChI is InChI=1S/C11H13BrFNO3/c1-16-4-5-17-7-11(15)14-8-2-3-10(13)9(12)6-8/h2-3,6H,4-5,7H2,1H3,(H,14,15). The van der Waals surface area contributed by atoms with Crippen molar-refractivity contribution in [2.45, 2.75) is 0 Å². The normalized spacial score (nSPS) is 10.3. The van der Waals surface area contributed by atoms with Crippen molar-refractivity contribution in [2.24, 2.45) is 0 Å². The molecule has 1 rings (SSSR count). The summed E-state index contributed by atoms with van der Waals surface area (Å²) in [5.74, 6) is -0.668. The number of methoxy groups -OCH3 is 1. The number of carbonyl (C=O) groups is 1. The van der Waals surface area contributed by atoms with Crippen molar-refractivity contribution in [2.75, 3.05) is 32.2 Å². The first-order valence-corrected chi connectivity index (χ1v) is 5.74. The summed E-state index contributed by atoms with van der Waals surface area (Å²) < 4.78 is 23.0. The van der Waals surface area contributed by atoms with Crippen molar-refractivity contribution >= 4 is 27.5 Å². The van der Waals surface area contributed by atoms with Gasteiger partial charge >= 0.3 is 0 Å². The van der Waals surface area contributed by atoms with E-state index in [1.54, 1.807) is 7.11 Å². The molecule has 4 nitrogen and oxygen atoms in total. The van der Waals surface area contributed by atoms with Crippen LogP contribution in [-0.2, 0) is 14.3 Å². The van der Waals surface area contributed by atoms with Crippen LogP contribution >= 0.6 is 15.9 Å². The summed E-state index contributed by atoms with van der Waals surface area (Å²) in [6, 6.07) is 4.24. The molecule has 0 aliphatic heterocycles. The SMILES string of the molecule is COCCOCC(=O)Nc1ccc(F)c(Br)c1. The molecule has 1 amide bonds. The van der Waals surface area contributed by atoms with Gasteiger partial charge in [0, 0.05) is 12.8 Å². The van der Waals surface area contributed by atoms with Crippen molar-refractivity contribution < 1.29 is 18.7 Å². The molecule has 0 aromatic heterocycles. The van der Waals surface area contributed by atoms with Crippen molar-refractivity contribution in [3.8, 4) is 0 Å². The third kappa shape index (κ3) is 5.25. The van der Waals surface area contributed by atoms with Crippen LogP contribution in [0.25, 0.3) is 0 Å². The van der Waals surface area contributed by atoms with Crippen LogP contribution in [0, 0.1) is 5.82 Å². The number of rotatable bonds is 6. The molecule has 94 valence electrons. The van der Waals surface area contributed by atoms with Crippen molar-refractivity contribution in [3.63, 3.8) is 0 Å². The van der Waals surface area contributed by atoms with Crippen LogP contribution in [0.15, 0.2) is 22.7 Å². The van der Waals surface area contributed by atoms with E-state index in [1.807, 2.05) is 0 Å². The number of halogens is 2. The van der Waals surface area contributed by atoms with Crippen LogP contribution in [-0.4, -0.2) is 32.8 Å². The fraction of sp³-hybridized carbons (Fsp3) is 0.364. The summed E-state index contributed by atoms with van der Waals surface area (Å²) in [5, 5.41) is 2.59. The summed E-state index contributed by atoms with van der Waals surface area (Å²) >= 11 is 3.04. The maximum Gasteiger partial charge on any atom is 0.250 e. The van der Waals surface area contributed by atoms with E-state index in [0.29, 0.717) is 23.4 Å². The third-order valence-corrected chi connectivity index (χ3v) is 2.48. The Morgan fingerprint density at radius 2 is 2.24 bits per heavy atom. The van der Waals surface area contributed by atoms with Gasteiger partial charge in [0.2, 0.25) is 5.91 Å². The van der Waals surface area contributed by atoms with Gasteiger partial charge in [-0.3, -0.25) is 4.79 Å². The molecule has 0 saturated carbocycles. The van der Waals surface area contributed by atoms with Crippen molar-refractivity contribution in [1.29, 1.82) is 0 Å². The highest BCUT2D eigenvalue weighted by Crippen LogP contribution is 2.19. The van der Waals surface area contributed by atoms with Gasteiger partial charge in [-0.25, -0.2) is 4.39 Å². The first-order valence-electron chi connectivity index (χ1n) is 4.95. The summed E-state index contributed by atoms with van der Waals surface area (Å²) in [6.45, 7) is 0.741. The van der Waals surface area contributed by atoms with Gasteiger partial charge in [-0.1, -0.05) is 0 Å². The minimum atomic E-state index is -0.376. The second kappa shape index (κ2) is 7.37. The third-order valence-electron chi connectivity index (χ3n) is 1.87. The van der Waals surface area contributed by atoms with E-state index in [9.17, 15) is 9.18 Å². The number of benzene rings is 1. The number of nitrogens with one attached hydrogen (secondary N) is 1. The van der Waals surface area contributed by atoms with E-state index < -0.39 is 0 Å². The maximum atomic E-state index is 12.9. The first-order chi connectivity index (χ1) is 8.13. The molecule has 0 saturated heterocycles. The van der Waals surface area contributed by atoms with E-state index in [0.717, 1.165) is 0 Å². The average Bonchev–Trinajstić information content (AvgIpc) is 2.30. The Bertz CT molecular complexity index is 387. The quantitative estimate of drug-likeness (QED) is 0.820. The van der Waals surface area contributed by atoms with E-state index in [-0.39, 0.29) is 18.3 Å². The molecule has 0 radical (unpaired) electrons. The Kier molecular flexibility index (Phi) is 6.10. The van der Waals surface area contributed by atoms with Crippen LogP contribution in [0.4, 0.5) is 10.1 Å². The number of hydrogen-bond donors (Lipinski definition) is 1. The smallest absolute Gasteiger partial charge is 0.250 e. The molecule has 1 N–H and O–H groups in total. The fourth-order valence-corrected chi connectivity index (χ4v) is 1.46. The molecule has 0 heterocycles. The molecular formula is C11H13BrFNO3. The predicted molar refractivity (Wildman–Crippen MR) is 65.4 cm³/mol. The van der Waals surface area contributed by atoms with Gasteiger partial charge in [-0.2, -0.15) is 0 Å². The summed E-state index contributed by atoms with van der Waals surface area (Å²) in [6.07, 6.45) is 0. The molecule has 0 aliphatic carbocycles. The highest BCUT2D eigenvalue weighted by atomic mass is 79.9. The zero-order valence-corrected chi connectivity index (χ0v) is 10.9. The molecule has 1 aromatic carbocycles. The zero-order valence-electron chi connectivity index (χ0n) is 9.33. The number of amides is 1. The maximum absolute atomic E-state index is 12.9. The molecule has 0 fully saturated rings. The van der Waals surface area contributed by atoms with Crippen LogP contribution in [0.1, 0.15) is 0 Å². The summed E-state index contributed by atoms with van der Waals surface area (Å²) in [5.41, 5.74) is 0.513. The minimum absolute atomic E-state index is 0.0572.